The molecule has 0 fully saturated rings. The van der Waals surface area contributed by atoms with E-state index in [1.807, 2.05) is 42.6 Å². The smallest absolute Gasteiger partial charge is 0.174 e. The van der Waals surface area contributed by atoms with Gasteiger partial charge in [-0.15, -0.1) is 0 Å². The summed E-state index contributed by atoms with van der Waals surface area (Å²) < 4.78 is 1.24. The van der Waals surface area contributed by atoms with Crippen LogP contribution in [0.1, 0.15) is 0 Å². The van der Waals surface area contributed by atoms with E-state index >= 15 is 0 Å². The van der Waals surface area contributed by atoms with Gasteiger partial charge in [0.15, 0.2) is 0 Å². The van der Waals surface area contributed by atoms with Gasteiger partial charge in [-0.25, -0.2) is 0 Å². The minimum atomic E-state index is 0.821. The quantitative estimate of drug-likeness (QED) is 0.654. The van der Waals surface area contributed by atoms with E-state index in [0.29, 0.717) is 0 Å². The number of benzene rings is 1. The molecule has 1 heterocycles. The van der Waals surface area contributed by atoms with Crippen molar-refractivity contribution in [2.45, 2.75) is 0 Å². The molecule has 3 heteroatoms. The summed E-state index contributed by atoms with van der Waals surface area (Å²) in [5, 5.41) is 12.6. The van der Waals surface area contributed by atoms with E-state index in [2.05, 4.69) is 5.10 Å². The average molecular weight is 169 g/mol. The summed E-state index contributed by atoms with van der Waals surface area (Å²) in [6, 6.07) is 11.6. The number of hydrogen-bond donors (Lipinski definition) is 0. The van der Waals surface area contributed by atoms with Gasteiger partial charge in [0.2, 0.25) is 6.19 Å². The van der Waals surface area contributed by atoms with Gasteiger partial charge in [0.25, 0.3) is 0 Å². The Hall–Kier alpha value is -2.08. The van der Waals surface area contributed by atoms with Gasteiger partial charge in [-0.05, 0) is 6.07 Å². The summed E-state index contributed by atoms with van der Waals surface area (Å²) in [5.74, 6) is 0. The Bertz CT molecular complexity index is 437. The molecule has 2 rings (SSSR count). The highest BCUT2D eigenvalue weighted by Crippen LogP contribution is 2.14. The Morgan fingerprint density at radius 2 is 1.92 bits per heavy atom. The maximum Gasteiger partial charge on any atom is 0.206 e. The first-order valence-electron chi connectivity index (χ1n) is 3.91. The van der Waals surface area contributed by atoms with Gasteiger partial charge in [0.1, 0.15) is 0 Å². The van der Waals surface area contributed by atoms with Crippen molar-refractivity contribution >= 4 is 0 Å². The molecule has 13 heavy (non-hydrogen) atoms. The van der Waals surface area contributed by atoms with Gasteiger partial charge < -0.3 is 0 Å². The molecular formula is C10H7N3. The molecule has 0 spiro atoms. The first-order valence-corrected chi connectivity index (χ1v) is 3.91. The third-order valence-corrected chi connectivity index (χ3v) is 1.76. The topological polar surface area (TPSA) is 41.6 Å². The molecule has 62 valence electrons. The zero-order chi connectivity index (χ0) is 9.10. The van der Waals surface area contributed by atoms with Crippen LogP contribution in [0.2, 0.25) is 0 Å². The highest BCUT2D eigenvalue weighted by Gasteiger charge is 1.99. The zero-order valence-electron chi connectivity index (χ0n) is 6.88. The molecule has 0 N–H and O–H groups in total. The van der Waals surface area contributed by atoms with Crippen LogP contribution in [0.15, 0.2) is 42.6 Å². The van der Waals surface area contributed by atoms with Crippen molar-refractivity contribution in [3.8, 4) is 17.5 Å². The zero-order valence-corrected chi connectivity index (χ0v) is 6.88. The second-order valence-electron chi connectivity index (χ2n) is 2.61. The second-order valence-corrected chi connectivity index (χ2v) is 2.61. The lowest BCUT2D eigenvalue weighted by molar-refractivity contribution is 0.902. The molecule has 2 aromatic rings. The van der Waals surface area contributed by atoms with Gasteiger partial charge in [0.05, 0.1) is 5.69 Å². The van der Waals surface area contributed by atoms with Crippen molar-refractivity contribution in [1.82, 2.24) is 9.78 Å². The molecular weight excluding hydrogens is 162 g/mol. The van der Waals surface area contributed by atoms with E-state index in [4.69, 9.17) is 5.26 Å². The molecule has 0 saturated heterocycles. The summed E-state index contributed by atoms with van der Waals surface area (Å²) in [6.07, 6.45) is 3.56. The van der Waals surface area contributed by atoms with Crippen molar-refractivity contribution in [3.05, 3.63) is 42.6 Å². The number of nitriles is 1. The lowest BCUT2D eigenvalue weighted by atomic mass is 10.2. The van der Waals surface area contributed by atoms with Crippen LogP contribution in [0.5, 0.6) is 0 Å². The third-order valence-electron chi connectivity index (χ3n) is 1.76. The van der Waals surface area contributed by atoms with Gasteiger partial charge in [-0.1, -0.05) is 30.3 Å². The van der Waals surface area contributed by atoms with E-state index in [0.717, 1.165) is 11.3 Å². The van der Waals surface area contributed by atoms with E-state index in [1.165, 1.54) is 4.68 Å². The van der Waals surface area contributed by atoms with Crippen LogP contribution in [0.3, 0.4) is 0 Å². The van der Waals surface area contributed by atoms with Gasteiger partial charge in [-0.3, -0.25) is 0 Å². The fourth-order valence-corrected chi connectivity index (χ4v) is 1.14. The fraction of sp³-hybridized carbons (Fsp3) is 0. The van der Waals surface area contributed by atoms with E-state index in [-0.39, 0.29) is 0 Å². The monoisotopic (exact) mass is 169 g/mol. The first kappa shape index (κ1) is 7.56. The van der Waals surface area contributed by atoms with Crippen molar-refractivity contribution in [2.24, 2.45) is 0 Å². The molecule has 0 amide bonds. The molecule has 3 nitrogen and oxygen atoms in total. The lowest BCUT2D eigenvalue weighted by Gasteiger charge is -1.92. The van der Waals surface area contributed by atoms with Gasteiger partial charge >= 0.3 is 0 Å². The SMILES string of the molecule is N#Cn1ccc(-c2ccccc2)n1. The standard InChI is InChI=1S/C10H7N3/c11-8-13-7-6-10(12-13)9-4-2-1-3-5-9/h1-7H. The summed E-state index contributed by atoms with van der Waals surface area (Å²) in [5.41, 5.74) is 1.85. The highest BCUT2D eigenvalue weighted by molar-refractivity contribution is 5.58. The highest BCUT2D eigenvalue weighted by atomic mass is 15.3. The molecule has 0 unspecified atom stereocenters. The Balaban J connectivity index is 2.43. The number of hydrogen-bond acceptors (Lipinski definition) is 2. The maximum atomic E-state index is 8.55. The van der Waals surface area contributed by atoms with Crippen molar-refractivity contribution < 1.29 is 0 Å². The lowest BCUT2D eigenvalue weighted by Crippen LogP contribution is -1.87. The molecule has 1 aromatic carbocycles. The van der Waals surface area contributed by atoms with Crippen LogP contribution in [0, 0.1) is 11.5 Å². The van der Waals surface area contributed by atoms with Crippen LogP contribution in [-0.4, -0.2) is 9.78 Å². The number of nitrogens with zero attached hydrogens (tertiary/aromatic N) is 3. The molecule has 0 aliphatic carbocycles. The molecule has 0 saturated carbocycles. The van der Waals surface area contributed by atoms with Crippen LogP contribution < -0.4 is 0 Å². The molecule has 0 aliphatic heterocycles. The minimum Gasteiger partial charge on any atom is -0.174 e. The fourth-order valence-electron chi connectivity index (χ4n) is 1.14. The predicted octanol–water partition coefficient (Wildman–Crippen LogP) is 1.88. The van der Waals surface area contributed by atoms with Crippen LogP contribution in [0.4, 0.5) is 0 Å². The Labute approximate surface area is 75.9 Å². The number of aromatic nitrogens is 2. The summed E-state index contributed by atoms with van der Waals surface area (Å²) >= 11 is 0. The van der Waals surface area contributed by atoms with Crippen LogP contribution >= 0.6 is 0 Å². The van der Waals surface area contributed by atoms with Crippen molar-refractivity contribution in [3.63, 3.8) is 0 Å². The predicted molar refractivity (Wildman–Crippen MR) is 48.7 cm³/mol. The van der Waals surface area contributed by atoms with Gasteiger partial charge in [0, 0.05) is 11.8 Å². The van der Waals surface area contributed by atoms with E-state index in [1.54, 1.807) is 6.20 Å². The first-order chi connectivity index (χ1) is 6.40. The molecule has 0 atom stereocenters. The third kappa shape index (κ3) is 1.42. The largest absolute Gasteiger partial charge is 0.206 e. The molecule has 0 aliphatic rings. The maximum absolute atomic E-state index is 8.55. The summed E-state index contributed by atoms with van der Waals surface area (Å²) in [6.45, 7) is 0. The van der Waals surface area contributed by atoms with Crippen molar-refractivity contribution in [2.75, 3.05) is 0 Å². The molecule has 0 bridgehead atoms. The van der Waals surface area contributed by atoms with Crippen LogP contribution in [0.25, 0.3) is 11.3 Å². The normalized spacial score (nSPS) is 9.46. The Kier molecular flexibility index (Phi) is 1.81. The van der Waals surface area contributed by atoms with E-state index in [9.17, 15) is 0 Å². The van der Waals surface area contributed by atoms with Crippen LogP contribution in [-0.2, 0) is 0 Å². The second kappa shape index (κ2) is 3.11. The number of rotatable bonds is 1. The van der Waals surface area contributed by atoms with Crippen molar-refractivity contribution in [1.29, 1.82) is 5.26 Å². The van der Waals surface area contributed by atoms with E-state index < -0.39 is 0 Å². The molecule has 1 aromatic heterocycles. The van der Waals surface area contributed by atoms with Gasteiger partial charge in [-0.2, -0.15) is 15.0 Å². The minimum absolute atomic E-state index is 0.821. The summed E-state index contributed by atoms with van der Waals surface area (Å²) in [7, 11) is 0. The Morgan fingerprint density at radius 3 is 2.54 bits per heavy atom. The summed E-state index contributed by atoms with van der Waals surface area (Å²) in [4.78, 5) is 0. The Morgan fingerprint density at radius 1 is 1.15 bits per heavy atom. The average Bonchev–Trinajstić information content (AvgIpc) is 2.67. The molecule has 0 radical (unpaired) electrons.